The summed E-state index contributed by atoms with van der Waals surface area (Å²) in [5.74, 6) is 6.60. The lowest BCUT2D eigenvalue weighted by Gasteiger charge is -2.08. The third kappa shape index (κ3) is 3.64. The molecule has 0 spiro atoms. The molecule has 0 aliphatic rings. The summed E-state index contributed by atoms with van der Waals surface area (Å²) in [4.78, 5) is 0. The molecule has 0 aliphatic heterocycles. The number of ether oxygens (including phenoxy) is 1. The molecule has 0 fully saturated rings. The Balaban J connectivity index is 2.14. The highest BCUT2D eigenvalue weighted by Crippen LogP contribution is 2.20. The van der Waals surface area contributed by atoms with E-state index in [4.69, 9.17) is 4.74 Å². The highest BCUT2D eigenvalue weighted by molar-refractivity contribution is 5.49. The molecule has 2 heteroatoms. The second-order valence-electron chi connectivity index (χ2n) is 4.25. The molecule has 0 heterocycles. The van der Waals surface area contributed by atoms with Crippen LogP contribution in [0.15, 0.2) is 48.5 Å². The molecule has 2 aromatic rings. The molecule has 0 radical (unpaired) electrons. The van der Waals surface area contributed by atoms with Crippen molar-refractivity contribution in [2.45, 2.75) is 20.0 Å². The third-order valence-corrected chi connectivity index (χ3v) is 2.75. The zero-order valence-electron chi connectivity index (χ0n) is 11.4. The van der Waals surface area contributed by atoms with Gasteiger partial charge in [0.25, 0.3) is 0 Å². The molecule has 2 aromatic carbocycles. The molecule has 0 saturated carbocycles. The van der Waals surface area contributed by atoms with Crippen LogP contribution >= 0.6 is 0 Å². The fourth-order valence-electron chi connectivity index (χ4n) is 1.75. The van der Waals surface area contributed by atoms with Gasteiger partial charge in [-0.25, -0.2) is 0 Å². The first-order valence-corrected chi connectivity index (χ1v) is 6.53. The van der Waals surface area contributed by atoms with Crippen LogP contribution in [-0.4, -0.2) is 0 Å². The van der Waals surface area contributed by atoms with Gasteiger partial charge in [-0.1, -0.05) is 49.1 Å². The van der Waals surface area contributed by atoms with Crippen LogP contribution in [0.4, 0.5) is 0 Å². The minimum Gasteiger partial charge on any atom is -0.488 e. The summed E-state index contributed by atoms with van der Waals surface area (Å²) in [6, 6.07) is 17.5. The number of nitriles is 1. The SMILES string of the molecule is CCC#Cc1ccc(OCc2ccccc2)c(C#N)c1. The van der Waals surface area contributed by atoms with E-state index in [0.29, 0.717) is 17.9 Å². The van der Waals surface area contributed by atoms with E-state index < -0.39 is 0 Å². The van der Waals surface area contributed by atoms with Gasteiger partial charge >= 0.3 is 0 Å². The first-order valence-electron chi connectivity index (χ1n) is 6.53. The molecule has 0 unspecified atom stereocenters. The predicted octanol–water partition coefficient (Wildman–Crippen LogP) is 3.90. The molecule has 0 atom stereocenters. The van der Waals surface area contributed by atoms with Gasteiger partial charge in [0.05, 0.1) is 5.56 Å². The van der Waals surface area contributed by atoms with Gasteiger partial charge in [-0.3, -0.25) is 0 Å². The predicted molar refractivity (Wildman–Crippen MR) is 79.1 cm³/mol. The summed E-state index contributed by atoms with van der Waals surface area (Å²) >= 11 is 0. The topological polar surface area (TPSA) is 33.0 Å². The molecule has 98 valence electrons. The van der Waals surface area contributed by atoms with Crippen molar-refractivity contribution in [1.82, 2.24) is 0 Å². The zero-order chi connectivity index (χ0) is 14.2. The van der Waals surface area contributed by atoms with Gasteiger partial charge in [0.2, 0.25) is 0 Å². The minimum atomic E-state index is 0.454. The van der Waals surface area contributed by atoms with Crippen molar-refractivity contribution in [3.63, 3.8) is 0 Å². The largest absolute Gasteiger partial charge is 0.488 e. The monoisotopic (exact) mass is 261 g/mol. The number of hydrogen-bond donors (Lipinski definition) is 0. The maximum atomic E-state index is 9.19. The number of benzene rings is 2. The Kier molecular flexibility index (Phi) is 4.81. The van der Waals surface area contributed by atoms with Crippen molar-refractivity contribution >= 4 is 0 Å². The van der Waals surface area contributed by atoms with Crippen molar-refractivity contribution < 1.29 is 4.74 Å². The van der Waals surface area contributed by atoms with Crippen LogP contribution in [0.5, 0.6) is 5.75 Å². The van der Waals surface area contributed by atoms with Crippen LogP contribution in [0, 0.1) is 23.2 Å². The lowest BCUT2D eigenvalue weighted by molar-refractivity contribution is 0.305. The Morgan fingerprint density at radius 1 is 1.10 bits per heavy atom. The Bertz CT molecular complexity index is 672. The van der Waals surface area contributed by atoms with Crippen molar-refractivity contribution in [2.24, 2.45) is 0 Å². The van der Waals surface area contributed by atoms with Gasteiger partial charge in [-0.05, 0) is 23.8 Å². The van der Waals surface area contributed by atoms with E-state index in [1.165, 1.54) is 0 Å². The van der Waals surface area contributed by atoms with Gasteiger partial charge in [0, 0.05) is 12.0 Å². The van der Waals surface area contributed by atoms with Crippen LogP contribution in [0.25, 0.3) is 0 Å². The summed E-state index contributed by atoms with van der Waals surface area (Å²) in [6.45, 7) is 2.45. The van der Waals surface area contributed by atoms with Crippen molar-refractivity contribution in [1.29, 1.82) is 5.26 Å². The van der Waals surface area contributed by atoms with Crippen molar-refractivity contribution in [2.75, 3.05) is 0 Å². The van der Waals surface area contributed by atoms with Crippen LogP contribution in [-0.2, 0) is 6.61 Å². The Hall–Kier alpha value is -2.71. The molecule has 0 N–H and O–H groups in total. The molecule has 20 heavy (non-hydrogen) atoms. The molecular weight excluding hydrogens is 246 g/mol. The Labute approximate surface area is 119 Å². The first-order chi connectivity index (χ1) is 9.83. The maximum absolute atomic E-state index is 9.19. The van der Waals surface area contributed by atoms with Gasteiger partial charge in [0.1, 0.15) is 18.4 Å². The second-order valence-corrected chi connectivity index (χ2v) is 4.25. The Morgan fingerprint density at radius 2 is 1.90 bits per heavy atom. The highest BCUT2D eigenvalue weighted by Gasteiger charge is 2.04. The quantitative estimate of drug-likeness (QED) is 0.785. The fraction of sp³-hybridized carbons (Fsp3) is 0.167. The van der Waals surface area contributed by atoms with E-state index in [1.54, 1.807) is 12.1 Å². The lowest BCUT2D eigenvalue weighted by Crippen LogP contribution is -1.97. The van der Waals surface area contributed by atoms with Gasteiger partial charge in [-0.15, -0.1) is 0 Å². The highest BCUT2D eigenvalue weighted by atomic mass is 16.5. The third-order valence-electron chi connectivity index (χ3n) is 2.75. The van der Waals surface area contributed by atoms with E-state index in [-0.39, 0.29) is 0 Å². The second kappa shape index (κ2) is 7.02. The number of hydrogen-bond acceptors (Lipinski definition) is 2. The molecule has 2 rings (SSSR count). The lowest BCUT2D eigenvalue weighted by atomic mass is 10.1. The molecule has 0 bridgehead atoms. The normalized spacial score (nSPS) is 9.20. The summed E-state index contributed by atoms with van der Waals surface area (Å²) in [5.41, 5.74) is 2.44. The average molecular weight is 261 g/mol. The van der Waals surface area contributed by atoms with Crippen LogP contribution in [0.1, 0.15) is 30.0 Å². The van der Waals surface area contributed by atoms with E-state index in [1.807, 2.05) is 43.3 Å². The summed E-state index contributed by atoms with van der Waals surface area (Å²) in [7, 11) is 0. The van der Waals surface area contributed by atoms with Gasteiger partial charge < -0.3 is 4.74 Å². The van der Waals surface area contributed by atoms with E-state index in [2.05, 4.69) is 17.9 Å². The standard InChI is InChI=1S/C18H15NO/c1-2-3-7-15-10-11-18(17(12-15)13-19)20-14-16-8-5-4-6-9-16/h4-6,8-12H,2,14H2,1H3. The van der Waals surface area contributed by atoms with Crippen molar-refractivity contribution in [3.05, 3.63) is 65.2 Å². The molecule has 0 amide bonds. The average Bonchev–Trinajstić information content (AvgIpc) is 2.52. The molecular formula is C18H15NO. The number of nitrogens with zero attached hydrogens (tertiary/aromatic N) is 1. The van der Waals surface area contributed by atoms with Gasteiger partial charge in [-0.2, -0.15) is 5.26 Å². The van der Waals surface area contributed by atoms with Crippen LogP contribution < -0.4 is 4.74 Å². The number of rotatable bonds is 3. The van der Waals surface area contributed by atoms with Gasteiger partial charge in [0.15, 0.2) is 0 Å². The molecule has 0 aliphatic carbocycles. The van der Waals surface area contributed by atoms with E-state index in [0.717, 1.165) is 17.5 Å². The molecule has 0 saturated heterocycles. The van der Waals surface area contributed by atoms with Crippen LogP contribution in [0.2, 0.25) is 0 Å². The minimum absolute atomic E-state index is 0.454. The molecule has 0 aromatic heterocycles. The van der Waals surface area contributed by atoms with Crippen LogP contribution in [0.3, 0.4) is 0 Å². The van der Waals surface area contributed by atoms with E-state index in [9.17, 15) is 5.26 Å². The Morgan fingerprint density at radius 3 is 2.60 bits per heavy atom. The van der Waals surface area contributed by atoms with E-state index >= 15 is 0 Å². The molecule has 2 nitrogen and oxygen atoms in total. The maximum Gasteiger partial charge on any atom is 0.137 e. The van der Waals surface area contributed by atoms with Crippen molar-refractivity contribution in [3.8, 4) is 23.7 Å². The fourth-order valence-corrected chi connectivity index (χ4v) is 1.75. The summed E-state index contributed by atoms with van der Waals surface area (Å²) in [6.07, 6.45) is 0.800. The summed E-state index contributed by atoms with van der Waals surface area (Å²) in [5, 5.41) is 9.19. The first kappa shape index (κ1) is 13.7. The summed E-state index contributed by atoms with van der Waals surface area (Å²) < 4.78 is 5.70. The zero-order valence-corrected chi connectivity index (χ0v) is 11.4. The smallest absolute Gasteiger partial charge is 0.137 e.